The Kier molecular flexibility index (Phi) is 5.35. The van der Waals surface area contributed by atoms with E-state index in [1.807, 2.05) is 30.3 Å². The molecule has 1 atom stereocenters. The summed E-state index contributed by atoms with van der Waals surface area (Å²) in [5.74, 6) is -2.33. The fourth-order valence-corrected chi connectivity index (χ4v) is 2.81. The van der Waals surface area contributed by atoms with E-state index in [4.69, 9.17) is 4.42 Å². The van der Waals surface area contributed by atoms with Crippen molar-refractivity contribution in [2.75, 3.05) is 6.54 Å². The predicted octanol–water partition coefficient (Wildman–Crippen LogP) is 3.16. The molecule has 138 valence electrons. The third kappa shape index (κ3) is 4.23. The van der Waals surface area contributed by atoms with Crippen LogP contribution in [0.4, 0.5) is 0 Å². The number of amides is 1. The summed E-state index contributed by atoms with van der Waals surface area (Å²) >= 11 is 0. The molecule has 0 fully saturated rings. The Morgan fingerprint density at radius 2 is 1.74 bits per heavy atom. The highest BCUT2D eigenvalue weighted by atomic mass is 16.4. The second-order valence-electron chi connectivity index (χ2n) is 6.40. The van der Waals surface area contributed by atoms with Gasteiger partial charge in [0.25, 0.3) is 5.91 Å². The van der Waals surface area contributed by atoms with Crippen LogP contribution in [0.2, 0.25) is 0 Å². The molecule has 0 aliphatic carbocycles. The number of hydrogen-bond acceptors (Lipinski definition) is 4. The number of aliphatic carboxylic acids is 1. The Hall–Kier alpha value is -3.41. The fourth-order valence-electron chi connectivity index (χ4n) is 2.81. The van der Waals surface area contributed by atoms with Gasteiger partial charge in [-0.3, -0.25) is 9.59 Å². The van der Waals surface area contributed by atoms with E-state index in [2.05, 4.69) is 0 Å². The number of carbonyl (C=O) groups is 2. The van der Waals surface area contributed by atoms with E-state index >= 15 is 0 Å². The van der Waals surface area contributed by atoms with Gasteiger partial charge in [-0.05, 0) is 17.7 Å². The third-order valence-corrected chi connectivity index (χ3v) is 4.29. The van der Waals surface area contributed by atoms with Crippen molar-refractivity contribution in [3.05, 3.63) is 82.2 Å². The smallest absolute Gasteiger partial charge is 0.349 e. The zero-order valence-corrected chi connectivity index (χ0v) is 14.8. The molecule has 1 N–H and O–H groups in total. The Bertz CT molecular complexity index is 1030. The number of rotatable bonds is 6. The SMILES string of the molecule is C[C@H](CN(Cc1ccccc1)C(=O)c1cc2ccccc2oc1=O)C(=O)O. The monoisotopic (exact) mass is 365 g/mol. The molecule has 0 saturated heterocycles. The molecule has 1 aromatic heterocycles. The van der Waals surface area contributed by atoms with Crippen LogP contribution in [0.5, 0.6) is 0 Å². The van der Waals surface area contributed by atoms with Crippen molar-refractivity contribution in [3.8, 4) is 0 Å². The highest BCUT2D eigenvalue weighted by molar-refractivity contribution is 5.96. The lowest BCUT2D eigenvalue weighted by Crippen LogP contribution is -2.38. The van der Waals surface area contributed by atoms with Crippen LogP contribution in [0.15, 0.2) is 69.9 Å². The first kappa shape index (κ1) is 18.4. The van der Waals surface area contributed by atoms with Crippen LogP contribution in [0, 0.1) is 5.92 Å². The van der Waals surface area contributed by atoms with Gasteiger partial charge in [0, 0.05) is 18.5 Å². The van der Waals surface area contributed by atoms with Crippen LogP contribution in [0.25, 0.3) is 11.0 Å². The van der Waals surface area contributed by atoms with E-state index in [1.165, 1.54) is 17.9 Å². The summed E-state index contributed by atoms with van der Waals surface area (Å²) in [6, 6.07) is 17.6. The minimum atomic E-state index is -1.01. The first-order valence-corrected chi connectivity index (χ1v) is 8.54. The van der Waals surface area contributed by atoms with Crippen molar-refractivity contribution in [1.82, 2.24) is 4.90 Å². The van der Waals surface area contributed by atoms with Crippen LogP contribution >= 0.6 is 0 Å². The predicted molar refractivity (Wildman–Crippen MR) is 100 cm³/mol. The van der Waals surface area contributed by atoms with Crippen LogP contribution in [0.1, 0.15) is 22.8 Å². The number of nitrogens with zero attached hydrogens (tertiary/aromatic N) is 1. The summed E-state index contributed by atoms with van der Waals surface area (Å²) in [7, 11) is 0. The second kappa shape index (κ2) is 7.86. The maximum Gasteiger partial charge on any atom is 0.349 e. The van der Waals surface area contributed by atoms with Gasteiger partial charge < -0.3 is 14.4 Å². The van der Waals surface area contributed by atoms with E-state index in [9.17, 15) is 19.5 Å². The quantitative estimate of drug-likeness (QED) is 0.678. The molecular weight excluding hydrogens is 346 g/mol. The lowest BCUT2D eigenvalue weighted by atomic mass is 10.1. The fraction of sp³-hybridized carbons (Fsp3) is 0.190. The van der Waals surface area contributed by atoms with Gasteiger partial charge in [0.15, 0.2) is 0 Å². The number of fused-ring (bicyclic) bond motifs is 1. The number of carbonyl (C=O) groups excluding carboxylic acids is 1. The summed E-state index contributed by atoms with van der Waals surface area (Å²) < 4.78 is 5.25. The summed E-state index contributed by atoms with van der Waals surface area (Å²) in [5.41, 5.74) is 0.392. The van der Waals surface area contributed by atoms with Crippen molar-refractivity contribution in [1.29, 1.82) is 0 Å². The van der Waals surface area contributed by atoms with E-state index in [-0.39, 0.29) is 18.7 Å². The average Bonchev–Trinajstić information content (AvgIpc) is 2.67. The molecule has 0 radical (unpaired) electrons. The van der Waals surface area contributed by atoms with Crippen molar-refractivity contribution in [2.45, 2.75) is 13.5 Å². The minimum absolute atomic E-state index is 0.0185. The zero-order chi connectivity index (χ0) is 19.4. The van der Waals surface area contributed by atoms with Crippen LogP contribution < -0.4 is 5.63 Å². The molecule has 6 nitrogen and oxygen atoms in total. The summed E-state index contributed by atoms with van der Waals surface area (Å²) in [6.45, 7) is 1.70. The highest BCUT2D eigenvalue weighted by Crippen LogP contribution is 2.16. The van der Waals surface area contributed by atoms with Gasteiger partial charge in [0.1, 0.15) is 11.1 Å². The lowest BCUT2D eigenvalue weighted by molar-refractivity contribution is -0.141. The normalized spacial score (nSPS) is 11.9. The molecule has 0 spiro atoms. The second-order valence-corrected chi connectivity index (χ2v) is 6.40. The van der Waals surface area contributed by atoms with Crippen LogP contribution in [0.3, 0.4) is 0 Å². The van der Waals surface area contributed by atoms with Gasteiger partial charge in [-0.25, -0.2) is 4.79 Å². The molecule has 2 aromatic carbocycles. The first-order chi connectivity index (χ1) is 13.0. The Morgan fingerprint density at radius 1 is 1.07 bits per heavy atom. The van der Waals surface area contributed by atoms with Gasteiger partial charge >= 0.3 is 11.6 Å². The first-order valence-electron chi connectivity index (χ1n) is 8.54. The Labute approximate surface area is 155 Å². The summed E-state index contributed by atoms with van der Waals surface area (Å²) in [6.07, 6.45) is 0. The van der Waals surface area contributed by atoms with Gasteiger partial charge in [0.05, 0.1) is 5.92 Å². The Morgan fingerprint density at radius 3 is 2.44 bits per heavy atom. The van der Waals surface area contributed by atoms with E-state index < -0.39 is 23.4 Å². The average molecular weight is 365 g/mol. The number of carboxylic acids is 1. The topological polar surface area (TPSA) is 87.8 Å². The molecule has 0 aliphatic heterocycles. The summed E-state index contributed by atoms with van der Waals surface area (Å²) in [4.78, 5) is 38.0. The molecule has 3 aromatic rings. The van der Waals surface area contributed by atoms with Crippen LogP contribution in [-0.4, -0.2) is 28.4 Å². The summed E-state index contributed by atoms with van der Waals surface area (Å²) in [5, 5.41) is 9.86. The lowest BCUT2D eigenvalue weighted by Gasteiger charge is -2.24. The molecule has 6 heteroatoms. The number of benzene rings is 2. The van der Waals surface area contributed by atoms with Gasteiger partial charge in [-0.2, -0.15) is 0 Å². The van der Waals surface area contributed by atoms with E-state index in [0.717, 1.165) is 5.56 Å². The van der Waals surface area contributed by atoms with Crippen molar-refractivity contribution in [2.24, 2.45) is 5.92 Å². The molecular formula is C21H19NO5. The van der Waals surface area contributed by atoms with Gasteiger partial charge in [0.2, 0.25) is 0 Å². The zero-order valence-electron chi connectivity index (χ0n) is 14.8. The minimum Gasteiger partial charge on any atom is -0.481 e. The molecule has 3 rings (SSSR count). The van der Waals surface area contributed by atoms with Crippen molar-refractivity contribution >= 4 is 22.8 Å². The molecule has 1 amide bonds. The van der Waals surface area contributed by atoms with Crippen molar-refractivity contribution < 1.29 is 19.1 Å². The largest absolute Gasteiger partial charge is 0.481 e. The molecule has 0 bridgehead atoms. The van der Waals surface area contributed by atoms with E-state index in [0.29, 0.717) is 11.0 Å². The van der Waals surface area contributed by atoms with Gasteiger partial charge in [-0.1, -0.05) is 55.5 Å². The molecule has 1 heterocycles. The van der Waals surface area contributed by atoms with Crippen LogP contribution in [-0.2, 0) is 11.3 Å². The number of carboxylic acid groups (broad SMARTS) is 1. The third-order valence-electron chi connectivity index (χ3n) is 4.29. The highest BCUT2D eigenvalue weighted by Gasteiger charge is 2.24. The maximum atomic E-state index is 13.0. The molecule has 0 aliphatic rings. The van der Waals surface area contributed by atoms with Gasteiger partial charge in [-0.15, -0.1) is 0 Å². The number of hydrogen-bond donors (Lipinski definition) is 1. The Balaban J connectivity index is 1.97. The standard InChI is InChI=1S/C21H19NO5/c1-14(20(24)25)12-22(13-15-7-3-2-4-8-15)19(23)17-11-16-9-5-6-10-18(16)27-21(17)26/h2-11,14H,12-13H2,1H3,(H,24,25)/t14-/m1/s1. The number of para-hydroxylation sites is 1. The van der Waals surface area contributed by atoms with Crippen molar-refractivity contribution in [3.63, 3.8) is 0 Å². The molecule has 0 saturated carbocycles. The molecule has 0 unspecified atom stereocenters. The molecule has 27 heavy (non-hydrogen) atoms. The van der Waals surface area contributed by atoms with E-state index in [1.54, 1.807) is 24.3 Å². The maximum absolute atomic E-state index is 13.0.